The molecular formula is C13H8ClFN2O4. The number of phenolic OH excluding ortho intramolecular Hbond substituents is 1. The maximum absolute atomic E-state index is 13.7. The molecule has 2 rings (SSSR count). The van der Waals surface area contributed by atoms with E-state index in [4.69, 9.17) is 11.6 Å². The molecule has 1 amide bonds. The van der Waals surface area contributed by atoms with Crippen LogP contribution in [-0.4, -0.2) is 15.9 Å². The van der Waals surface area contributed by atoms with Crippen molar-refractivity contribution in [2.75, 3.05) is 5.32 Å². The van der Waals surface area contributed by atoms with Gasteiger partial charge in [0.25, 0.3) is 11.6 Å². The van der Waals surface area contributed by atoms with Crippen LogP contribution in [0.25, 0.3) is 0 Å². The van der Waals surface area contributed by atoms with Crippen molar-refractivity contribution in [1.82, 2.24) is 0 Å². The summed E-state index contributed by atoms with van der Waals surface area (Å²) in [5.74, 6) is -1.91. The Hall–Kier alpha value is -2.67. The third kappa shape index (κ3) is 3.26. The largest absolute Gasteiger partial charge is 0.508 e. The van der Waals surface area contributed by atoms with Crippen molar-refractivity contribution in [3.63, 3.8) is 0 Å². The minimum absolute atomic E-state index is 0.0747. The molecule has 0 unspecified atom stereocenters. The van der Waals surface area contributed by atoms with Gasteiger partial charge in [-0.2, -0.15) is 0 Å². The summed E-state index contributed by atoms with van der Waals surface area (Å²) in [4.78, 5) is 21.6. The summed E-state index contributed by atoms with van der Waals surface area (Å²) in [5, 5.41) is 22.1. The molecule has 0 bridgehead atoms. The van der Waals surface area contributed by atoms with E-state index in [1.807, 2.05) is 0 Å². The Bertz CT molecular complexity index is 736. The number of carbonyl (C=O) groups excluding carboxylic acids is 1. The van der Waals surface area contributed by atoms with Crippen LogP contribution >= 0.6 is 11.6 Å². The number of nitrogens with one attached hydrogen (secondary N) is 1. The second-order valence-electron chi connectivity index (χ2n) is 4.04. The molecule has 0 heterocycles. The number of rotatable bonds is 3. The molecule has 2 aromatic rings. The van der Waals surface area contributed by atoms with E-state index in [0.29, 0.717) is 6.07 Å². The summed E-state index contributed by atoms with van der Waals surface area (Å²) in [6, 6.07) is 6.55. The minimum atomic E-state index is -1.02. The fourth-order valence-corrected chi connectivity index (χ4v) is 1.82. The van der Waals surface area contributed by atoms with Crippen LogP contribution in [0.2, 0.25) is 5.02 Å². The predicted octanol–water partition coefficient (Wildman–Crippen LogP) is 3.35. The van der Waals surface area contributed by atoms with Crippen molar-refractivity contribution in [2.45, 2.75) is 0 Å². The third-order valence-corrected chi connectivity index (χ3v) is 2.92. The van der Waals surface area contributed by atoms with Gasteiger partial charge in [0, 0.05) is 12.1 Å². The highest BCUT2D eigenvalue weighted by molar-refractivity contribution is 6.34. The Morgan fingerprint density at radius 1 is 1.29 bits per heavy atom. The molecule has 0 aliphatic carbocycles. The Balaban J connectivity index is 2.26. The molecule has 8 heteroatoms. The molecule has 0 spiro atoms. The molecule has 0 aliphatic heterocycles. The van der Waals surface area contributed by atoms with Gasteiger partial charge in [0.15, 0.2) is 0 Å². The second-order valence-corrected chi connectivity index (χ2v) is 4.45. The number of nitrogens with zero attached hydrogens (tertiary/aromatic N) is 1. The summed E-state index contributed by atoms with van der Waals surface area (Å²) in [7, 11) is 0. The van der Waals surface area contributed by atoms with Crippen LogP contribution in [0.4, 0.5) is 15.8 Å². The quantitative estimate of drug-likeness (QED) is 0.516. The minimum Gasteiger partial charge on any atom is -0.508 e. The molecule has 2 aromatic carbocycles. The van der Waals surface area contributed by atoms with E-state index in [-0.39, 0.29) is 22.0 Å². The van der Waals surface area contributed by atoms with Gasteiger partial charge in [0.2, 0.25) is 0 Å². The molecule has 21 heavy (non-hydrogen) atoms. The normalized spacial score (nSPS) is 10.2. The van der Waals surface area contributed by atoms with Gasteiger partial charge in [0.05, 0.1) is 27.3 Å². The van der Waals surface area contributed by atoms with Gasteiger partial charge in [-0.3, -0.25) is 14.9 Å². The monoisotopic (exact) mass is 310 g/mol. The SMILES string of the molecule is O=C(Nc1ccc(O)cc1Cl)c1ccc([N+](=O)[O-])cc1F. The Kier molecular flexibility index (Phi) is 4.04. The number of hydrogen-bond donors (Lipinski definition) is 2. The van der Waals surface area contributed by atoms with E-state index >= 15 is 0 Å². The number of aromatic hydroxyl groups is 1. The Labute approximate surface area is 122 Å². The van der Waals surface area contributed by atoms with E-state index in [1.54, 1.807) is 0 Å². The topological polar surface area (TPSA) is 92.5 Å². The van der Waals surface area contributed by atoms with Gasteiger partial charge in [-0.05, 0) is 18.2 Å². The third-order valence-electron chi connectivity index (χ3n) is 2.61. The molecule has 108 valence electrons. The Morgan fingerprint density at radius 2 is 2.00 bits per heavy atom. The smallest absolute Gasteiger partial charge is 0.272 e. The fraction of sp³-hybridized carbons (Fsp3) is 0. The van der Waals surface area contributed by atoms with E-state index < -0.39 is 22.3 Å². The van der Waals surface area contributed by atoms with Crippen LogP contribution < -0.4 is 5.32 Å². The van der Waals surface area contributed by atoms with E-state index in [1.165, 1.54) is 18.2 Å². The van der Waals surface area contributed by atoms with Crippen LogP contribution in [0.1, 0.15) is 10.4 Å². The number of anilines is 1. The van der Waals surface area contributed by atoms with Crippen molar-refractivity contribution in [1.29, 1.82) is 0 Å². The number of nitro groups is 1. The number of carbonyl (C=O) groups is 1. The van der Waals surface area contributed by atoms with E-state index in [2.05, 4.69) is 5.32 Å². The number of non-ortho nitro benzene ring substituents is 1. The lowest BCUT2D eigenvalue weighted by Gasteiger charge is -2.08. The lowest BCUT2D eigenvalue weighted by molar-refractivity contribution is -0.385. The van der Waals surface area contributed by atoms with Crippen molar-refractivity contribution >= 4 is 28.9 Å². The standard InChI is InChI=1S/C13H8ClFN2O4/c14-10-6-8(18)2-4-12(10)16-13(19)9-3-1-7(17(20)21)5-11(9)15/h1-6,18H,(H,16,19). The first-order valence-corrected chi connectivity index (χ1v) is 6.00. The molecule has 0 saturated heterocycles. The van der Waals surface area contributed by atoms with Gasteiger partial charge in [-0.15, -0.1) is 0 Å². The number of amides is 1. The van der Waals surface area contributed by atoms with Crippen molar-refractivity contribution in [3.8, 4) is 5.75 Å². The molecule has 6 nitrogen and oxygen atoms in total. The summed E-state index contributed by atoms with van der Waals surface area (Å²) in [6.45, 7) is 0. The van der Waals surface area contributed by atoms with Gasteiger partial charge in [0.1, 0.15) is 11.6 Å². The molecule has 0 radical (unpaired) electrons. The summed E-state index contributed by atoms with van der Waals surface area (Å²) in [5.41, 5.74) is -0.631. The van der Waals surface area contributed by atoms with Crippen LogP contribution in [-0.2, 0) is 0 Å². The maximum atomic E-state index is 13.7. The van der Waals surface area contributed by atoms with Crippen molar-refractivity contribution in [3.05, 3.63) is 62.9 Å². The summed E-state index contributed by atoms with van der Waals surface area (Å²) < 4.78 is 13.7. The first-order valence-electron chi connectivity index (χ1n) is 5.62. The molecule has 0 fully saturated rings. The zero-order chi connectivity index (χ0) is 15.6. The zero-order valence-corrected chi connectivity index (χ0v) is 11.1. The molecule has 0 aromatic heterocycles. The van der Waals surface area contributed by atoms with Crippen LogP contribution in [0.5, 0.6) is 5.75 Å². The average Bonchev–Trinajstić information content (AvgIpc) is 2.41. The van der Waals surface area contributed by atoms with Gasteiger partial charge in [-0.25, -0.2) is 4.39 Å². The number of nitro benzene ring substituents is 1. The second kappa shape index (κ2) is 5.76. The zero-order valence-electron chi connectivity index (χ0n) is 10.3. The average molecular weight is 311 g/mol. The molecule has 2 N–H and O–H groups in total. The van der Waals surface area contributed by atoms with E-state index in [9.17, 15) is 24.4 Å². The highest BCUT2D eigenvalue weighted by Gasteiger charge is 2.17. The van der Waals surface area contributed by atoms with Gasteiger partial charge < -0.3 is 10.4 Å². The van der Waals surface area contributed by atoms with Gasteiger partial charge in [-0.1, -0.05) is 11.6 Å². The Morgan fingerprint density at radius 3 is 2.57 bits per heavy atom. The number of halogens is 2. The van der Waals surface area contributed by atoms with Crippen molar-refractivity contribution in [2.24, 2.45) is 0 Å². The lowest BCUT2D eigenvalue weighted by Crippen LogP contribution is -2.14. The van der Waals surface area contributed by atoms with Gasteiger partial charge >= 0.3 is 0 Å². The summed E-state index contributed by atoms with van der Waals surface area (Å²) >= 11 is 5.81. The first kappa shape index (κ1) is 14.7. The molecular weight excluding hydrogens is 303 g/mol. The van der Waals surface area contributed by atoms with Crippen molar-refractivity contribution < 1.29 is 19.2 Å². The summed E-state index contributed by atoms with van der Waals surface area (Å²) in [6.07, 6.45) is 0. The first-order chi connectivity index (χ1) is 9.88. The fourth-order valence-electron chi connectivity index (χ4n) is 1.60. The number of phenols is 1. The van der Waals surface area contributed by atoms with E-state index in [0.717, 1.165) is 12.1 Å². The van der Waals surface area contributed by atoms with Crippen LogP contribution in [0, 0.1) is 15.9 Å². The molecule has 0 atom stereocenters. The highest BCUT2D eigenvalue weighted by Crippen LogP contribution is 2.27. The highest BCUT2D eigenvalue weighted by atomic mass is 35.5. The van der Waals surface area contributed by atoms with Crippen LogP contribution in [0.15, 0.2) is 36.4 Å². The maximum Gasteiger partial charge on any atom is 0.272 e. The number of hydrogen-bond acceptors (Lipinski definition) is 4. The van der Waals surface area contributed by atoms with Crippen LogP contribution in [0.3, 0.4) is 0 Å². The number of benzene rings is 2. The predicted molar refractivity (Wildman–Crippen MR) is 74.1 cm³/mol. The molecule has 0 saturated carbocycles. The molecule has 0 aliphatic rings. The lowest BCUT2D eigenvalue weighted by atomic mass is 10.1.